The smallest absolute Gasteiger partial charge is 0.461 e. The van der Waals surface area contributed by atoms with Crippen molar-refractivity contribution in [3.8, 4) is 5.75 Å². The number of carbonyl (C=O) groups is 2. The van der Waals surface area contributed by atoms with Crippen LogP contribution in [0.25, 0.3) is 0 Å². The summed E-state index contributed by atoms with van der Waals surface area (Å²) in [6.45, 7) is 1.81. The number of hydrogen-bond acceptors (Lipinski definition) is 6. The Morgan fingerprint density at radius 2 is 1.96 bits per heavy atom. The summed E-state index contributed by atoms with van der Waals surface area (Å²) in [5, 5.41) is 5.99. The Labute approximate surface area is 143 Å². The number of alkyl halides is 3. The van der Waals surface area contributed by atoms with Crippen LogP contribution < -0.4 is 15.4 Å². The maximum Gasteiger partial charge on any atom is 0.573 e. The third-order valence-electron chi connectivity index (χ3n) is 2.57. The minimum absolute atomic E-state index is 0.0166. The summed E-state index contributed by atoms with van der Waals surface area (Å²) in [4.78, 5) is 27.2. The molecule has 0 bridgehead atoms. The van der Waals surface area contributed by atoms with Crippen molar-refractivity contribution in [3.63, 3.8) is 0 Å². The fourth-order valence-corrected chi connectivity index (χ4v) is 2.34. The van der Waals surface area contributed by atoms with Crippen LogP contribution in [0, 0.1) is 0 Å². The maximum absolute atomic E-state index is 12.3. The molecule has 7 nitrogen and oxygen atoms in total. The van der Waals surface area contributed by atoms with Crippen molar-refractivity contribution in [3.05, 3.63) is 35.3 Å². The first-order valence-corrected chi connectivity index (χ1v) is 7.72. The van der Waals surface area contributed by atoms with Crippen LogP contribution in [-0.2, 0) is 4.74 Å². The van der Waals surface area contributed by atoms with Gasteiger partial charge in [0.05, 0.1) is 12.3 Å². The number of benzene rings is 1. The number of esters is 1. The number of thiazole rings is 1. The van der Waals surface area contributed by atoms with Crippen LogP contribution in [0.3, 0.4) is 0 Å². The first-order valence-electron chi connectivity index (χ1n) is 6.84. The van der Waals surface area contributed by atoms with Gasteiger partial charge in [0.15, 0.2) is 16.6 Å². The van der Waals surface area contributed by atoms with Gasteiger partial charge < -0.3 is 14.8 Å². The molecule has 2 aromatic rings. The van der Waals surface area contributed by atoms with Crippen LogP contribution in [0.4, 0.5) is 28.8 Å². The zero-order valence-corrected chi connectivity index (χ0v) is 13.5. The normalized spacial score (nSPS) is 10.9. The second kappa shape index (κ2) is 7.83. The highest BCUT2D eigenvalue weighted by Gasteiger charge is 2.32. The maximum atomic E-state index is 12.3. The SMILES string of the molecule is CCOC(=O)c1csc(NC(=O)Nc2ccccc2OC(F)(F)F)n1. The molecule has 0 radical (unpaired) electrons. The van der Waals surface area contributed by atoms with Gasteiger partial charge in [-0.2, -0.15) is 0 Å². The summed E-state index contributed by atoms with van der Waals surface area (Å²) >= 11 is 0.962. The number of hydrogen-bond donors (Lipinski definition) is 2. The largest absolute Gasteiger partial charge is 0.573 e. The van der Waals surface area contributed by atoms with E-state index < -0.39 is 24.1 Å². The van der Waals surface area contributed by atoms with Crippen LogP contribution in [-0.4, -0.2) is 30.0 Å². The molecule has 2 rings (SSSR count). The lowest BCUT2D eigenvalue weighted by molar-refractivity contribution is -0.274. The molecule has 1 aromatic heterocycles. The number of carbonyl (C=O) groups excluding carboxylic acids is 2. The molecule has 0 saturated heterocycles. The Kier molecular flexibility index (Phi) is 5.80. The van der Waals surface area contributed by atoms with E-state index in [0.29, 0.717) is 0 Å². The molecule has 2 amide bonds. The molecule has 0 fully saturated rings. The number of nitrogens with zero attached hydrogens (tertiary/aromatic N) is 1. The fraction of sp³-hybridized carbons (Fsp3) is 0.214. The zero-order valence-electron chi connectivity index (χ0n) is 12.7. The van der Waals surface area contributed by atoms with Gasteiger partial charge in [0.25, 0.3) is 0 Å². The highest BCUT2D eigenvalue weighted by Crippen LogP contribution is 2.30. The highest BCUT2D eigenvalue weighted by molar-refractivity contribution is 7.14. The molecular weight excluding hydrogens is 363 g/mol. The van der Waals surface area contributed by atoms with E-state index in [2.05, 4.69) is 20.4 Å². The second-order valence-electron chi connectivity index (χ2n) is 4.38. The quantitative estimate of drug-likeness (QED) is 0.775. The number of anilines is 2. The molecule has 134 valence electrons. The van der Waals surface area contributed by atoms with Gasteiger partial charge in [-0.1, -0.05) is 12.1 Å². The number of para-hydroxylation sites is 2. The Morgan fingerprint density at radius 1 is 1.24 bits per heavy atom. The lowest BCUT2D eigenvalue weighted by atomic mass is 10.3. The van der Waals surface area contributed by atoms with Gasteiger partial charge in [-0.25, -0.2) is 14.6 Å². The Hall–Kier alpha value is -2.82. The van der Waals surface area contributed by atoms with Crippen molar-refractivity contribution < 1.29 is 32.2 Å². The molecule has 11 heteroatoms. The zero-order chi connectivity index (χ0) is 18.4. The van der Waals surface area contributed by atoms with Crippen molar-refractivity contribution in [2.24, 2.45) is 0 Å². The molecule has 0 saturated carbocycles. The topological polar surface area (TPSA) is 89.5 Å². The molecule has 0 atom stereocenters. The van der Waals surface area contributed by atoms with Gasteiger partial charge in [-0.05, 0) is 19.1 Å². The predicted molar refractivity (Wildman–Crippen MR) is 83.8 cm³/mol. The molecule has 0 spiro atoms. The van der Waals surface area contributed by atoms with E-state index in [1.54, 1.807) is 6.92 Å². The molecule has 2 N–H and O–H groups in total. The number of urea groups is 1. The summed E-state index contributed by atoms with van der Waals surface area (Å²) in [6.07, 6.45) is -4.89. The third-order valence-corrected chi connectivity index (χ3v) is 3.33. The molecule has 0 aliphatic rings. The fourth-order valence-electron chi connectivity index (χ4n) is 1.66. The van der Waals surface area contributed by atoms with Crippen molar-refractivity contribution >= 4 is 34.2 Å². The number of amides is 2. The molecule has 1 heterocycles. The standard InChI is InChI=1S/C14H12F3N3O4S/c1-2-23-11(21)9-7-25-13(19-9)20-12(22)18-8-5-3-4-6-10(8)24-14(15,16)17/h3-7H,2H2,1H3,(H2,18,19,20,22). The Morgan fingerprint density at radius 3 is 2.64 bits per heavy atom. The van der Waals surface area contributed by atoms with Crippen molar-refractivity contribution in [1.29, 1.82) is 0 Å². The second-order valence-corrected chi connectivity index (χ2v) is 5.24. The highest BCUT2D eigenvalue weighted by atomic mass is 32.1. The predicted octanol–water partition coefficient (Wildman–Crippen LogP) is 3.86. The van der Waals surface area contributed by atoms with Gasteiger partial charge in [0.1, 0.15) is 0 Å². The van der Waals surface area contributed by atoms with Gasteiger partial charge in [-0.3, -0.25) is 5.32 Å². The van der Waals surface area contributed by atoms with Crippen LogP contribution in [0.15, 0.2) is 29.6 Å². The van der Waals surface area contributed by atoms with Crippen LogP contribution in [0.5, 0.6) is 5.75 Å². The number of rotatable bonds is 5. The first kappa shape index (κ1) is 18.5. The van der Waals surface area contributed by atoms with Crippen molar-refractivity contribution in [1.82, 2.24) is 4.98 Å². The lowest BCUT2D eigenvalue weighted by Crippen LogP contribution is -2.22. The van der Waals surface area contributed by atoms with E-state index in [4.69, 9.17) is 4.74 Å². The van der Waals surface area contributed by atoms with Gasteiger partial charge in [0.2, 0.25) is 0 Å². The van der Waals surface area contributed by atoms with E-state index in [1.807, 2.05) is 0 Å². The van der Waals surface area contributed by atoms with Crippen LogP contribution in [0.1, 0.15) is 17.4 Å². The molecule has 0 aliphatic heterocycles. The summed E-state index contributed by atoms with van der Waals surface area (Å²) < 4.78 is 45.6. The minimum atomic E-state index is -4.89. The van der Waals surface area contributed by atoms with E-state index in [0.717, 1.165) is 17.4 Å². The third kappa shape index (κ3) is 5.64. The molecular formula is C14H12F3N3O4S. The van der Waals surface area contributed by atoms with Crippen molar-refractivity contribution in [2.45, 2.75) is 13.3 Å². The van der Waals surface area contributed by atoms with Gasteiger partial charge in [0, 0.05) is 5.38 Å². The monoisotopic (exact) mass is 375 g/mol. The number of halogens is 3. The van der Waals surface area contributed by atoms with Crippen LogP contribution in [0.2, 0.25) is 0 Å². The average molecular weight is 375 g/mol. The van der Waals surface area contributed by atoms with Gasteiger partial charge >= 0.3 is 18.4 Å². The molecule has 25 heavy (non-hydrogen) atoms. The number of aromatic nitrogens is 1. The molecule has 1 aromatic carbocycles. The lowest BCUT2D eigenvalue weighted by Gasteiger charge is -2.13. The Bertz CT molecular complexity index is 764. The summed E-state index contributed by atoms with van der Waals surface area (Å²) in [5.41, 5.74) is -0.164. The minimum Gasteiger partial charge on any atom is -0.461 e. The average Bonchev–Trinajstić information content (AvgIpc) is 2.96. The van der Waals surface area contributed by atoms with E-state index >= 15 is 0 Å². The van der Waals surface area contributed by atoms with E-state index in [1.165, 1.54) is 23.6 Å². The summed E-state index contributed by atoms with van der Waals surface area (Å²) in [7, 11) is 0. The molecule has 0 aliphatic carbocycles. The summed E-state index contributed by atoms with van der Waals surface area (Å²) in [5.74, 6) is -1.20. The van der Waals surface area contributed by atoms with Crippen LogP contribution >= 0.6 is 11.3 Å². The van der Waals surface area contributed by atoms with E-state index in [9.17, 15) is 22.8 Å². The summed E-state index contributed by atoms with van der Waals surface area (Å²) in [6, 6.07) is 4.22. The first-order chi connectivity index (χ1) is 11.8. The number of ether oxygens (including phenoxy) is 2. The van der Waals surface area contributed by atoms with Gasteiger partial charge in [-0.15, -0.1) is 24.5 Å². The van der Waals surface area contributed by atoms with E-state index in [-0.39, 0.29) is 23.1 Å². The number of nitrogens with one attached hydrogen (secondary N) is 2. The molecule has 0 unspecified atom stereocenters. The van der Waals surface area contributed by atoms with Crippen molar-refractivity contribution in [2.75, 3.05) is 17.2 Å². The Balaban J connectivity index is 2.03.